The van der Waals surface area contributed by atoms with Crippen LogP contribution in [-0.4, -0.2) is 22.2 Å². The molecule has 0 bridgehead atoms. The molecule has 1 aromatic rings. The second-order valence-electron chi connectivity index (χ2n) is 5.90. The van der Waals surface area contributed by atoms with Crippen LogP contribution in [0.2, 0.25) is 5.02 Å². The molecule has 0 aliphatic heterocycles. The van der Waals surface area contributed by atoms with Crippen LogP contribution in [0.25, 0.3) is 0 Å². The first-order valence-corrected chi connectivity index (χ1v) is 9.07. The quantitative estimate of drug-likeness (QED) is 0.430. The predicted octanol–water partition coefficient (Wildman–Crippen LogP) is 5.44. The summed E-state index contributed by atoms with van der Waals surface area (Å²) in [6.45, 7) is 7.73. The molecular formula is C18H25BrClNO. The molecule has 0 fully saturated rings. The van der Waals surface area contributed by atoms with Crippen molar-refractivity contribution in [1.82, 2.24) is 4.90 Å². The number of allylic oxidation sites excluding steroid dienone is 1. The summed E-state index contributed by atoms with van der Waals surface area (Å²) in [6, 6.07) is 7.66. The third-order valence-corrected chi connectivity index (χ3v) is 4.21. The van der Waals surface area contributed by atoms with Gasteiger partial charge in [-0.25, -0.2) is 0 Å². The van der Waals surface area contributed by atoms with Crippen molar-refractivity contribution in [1.29, 1.82) is 0 Å². The maximum Gasteiger partial charge on any atom is 0.246 e. The summed E-state index contributed by atoms with van der Waals surface area (Å²) in [5.74, 6) is 0.490. The summed E-state index contributed by atoms with van der Waals surface area (Å²) < 4.78 is 0. The average molecular weight is 387 g/mol. The van der Waals surface area contributed by atoms with Crippen molar-refractivity contribution in [2.24, 2.45) is 5.92 Å². The van der Waals surface area contributed by atoms with Gasteiger partial charge in [0.2, 0.25) is 5.91 Å². The molecule has 0 aromatic heterocycles. The number of amides is 1. The van der Waals surface area contributed by atoms with Crippen molar-refractivity contribution in [2.75, 3.05) is 6.54 Å². The fraction of sp³-hybridized carbons (Fsp3) is 0.500. The number of nitrogens with zero attached hydrogens (tertiary/aromatic N) is 1. The van der Waals surface area contributed by atoms with E-state index >= 15 is 0 Å². The van der Waals surface area contributed by atoms with Gasteiger partial charge < -0.3 is 4.90 Å². The van der Waals surface area contributed by atoms with Crippen molar-refractivity contribution in [3.8, 4) is 0 Å². The predicted molar refractivity (Wildman–Crippen MR) is 98.5 cm³/mol. The number of alkyl halides is 1. The summed E-state index contributed by atoms with van der Waals surface area (Å²) in [5.41, 5.74) is 1.09. The lowest BCUT2D eigenvalue weighted by molar-refractivity contribution is -0.127. The number of halogens is 2. The lowest BCUT2D eigenvalue weighted by Gasteiger charge is -2.23. The number of carbonyl (C=O) groups is 1. The zero-order valence-corrected chi connectivity index (χ0v) is 15.9. The van der Waals surface area contributed by atoms with Crippen molar-refractivity contribution in [3.63, 3.8) is 0 Å². The van der Waals surface area contributed by atoms with Crippen LogP contribution in [0.15, 0.2) is 36.4 Å². The number of hydrogen-bond donors (Lipinski definition) is 0. The lowest BCUT2D eigenvalue weighted by atomic mass is 10.1. The maximum atomic E-state index is 12.5. The van der Waals surface area contributed by atoms with Gasteiger partial charge in [0.05, 0.1) is 0 Å². The van der Waals surface area contributed by atoms with Gasteiger partial charge in [-0.1, -0.05) is 72.9 Å². The molecule has 0 spiro atoms. The van der Waals surface area contributed by atoms with Crippen molar-refractivity contribution in [3.05, 3.63) is 47.0 Å². The molecule has 0 N–H and O–H groups in total. The Labute approximate surface area is 147 Å². The van der Waals surface area contributed by atoms with Crippen molar-refractivity contribution < 1.29 is 4.79 Å². The van der Waals surface area contributed by atoms with Crippen LogP contribution < -0.4 is 0 Å². The Kier molecular flexibility index (Phi) is 8.81. The zero-order valence-electron chi connectivity index (χ0n) is 13.6. The highest BCUT2D eigenvalue weighted by Crippen LogP contribution is 2.14. The molecule has 0 saturated carbocycles. The van der Waals surface area contributed by atoms with E-state index in [-0.39, 0.29) is 10.7 Å². The Balaban J connectivity index is 2.74. The Hall–Kier alpha value is -0.800. The second kappa shape index (κ2) is 10.1. The SMILES string of the molecule is CCCC(Br)/C=C/C(=O)N(Cc1ccc(Cl)cc1)CC(C)C. The summed E-state index contributed by atoms with van der Waals surface area (Å²) >= 11 is 9.48. The van der Waals surface area contributed by atoms with Gasteiger partial charge in [-0.05, 0) is 30.0 Å². The second-order valence-corrected chi connectivity index (χ2v) is 7.52. The van der Waals surface area contributed by atoms with E-state index in [2.05, 4.69) is 36.7 Å². The molecule has 1 aromatic carbocycles. The smallest absolute Gasteiger partial charge is 0.246 e. The third-order valence-electron chi connectivity index (χ3n) is 3.20. The Bertz CT molecular complexity index is 484. The van der Waals surface area contributed by atoms with Gasteiger partial charge in [-0.2, -0.15) is 0 Å². The topological polar surface area (TPSA) is 20.3 Å². The number of benzene rings is 1. The summed E-state index contributed by atoms with van der Waals surface area (Å²) in [5, 5.41) is 0.715. The molecule has 122 valence electrons. The fourth-order valence-corrected chi connectivity index (χ4v) is 2.88. The van der Waals surface area contributed by atoms with Gasteiger partial charge in [0, 0.05) is 29.0 Å². The Morgan fingerprint density at radius 1 is 1.32 bits per heavy atom. The van der Waals surface area contributed by atoms with Gasteiger partial charge >= 0.3 is 0 Å². The molecule has 1 unspecified atom stereocenters. The van der Waals surface area contributed by atoms with E-state index in [0.717, 1.165) is 24.9 Å². The molecule has 1 atom stereocenters. The van der Waals surface area contributed by atoms with E-state index in [1.807, 2.05) is 35.2 Å². The molecule has 0 aliphatic carbocycles. The van der Waals surface area contributed by atoms with Crippen LogP contribution >= 0.6 is 27.5 Å². The highest BCUT2D eigenvalue weighted by atomic mass is 79.9. The van der Waals surface area contributed by atoms with Crippen LogP contribution in [0.4, 0.5) is 0 Å². The molecule has 1 amide bonds. The highest BCUT2D eigenvalue weighted by molar-refractivity contribution is 9.09. The Morgan fingerprint density at radius 3 is 2.50 bits per heavy atom. The Morgan fingerprint density at radius 2 is 1.95 bits per heavy atom. The molecule has 0 heterocycles. The normalized spacial score (nSPS) is 12.8. The third kappa shape index (κ3) is 7.46. The molecule has 4 heteroatoms. The zero-order chi connectivity index (χ0) is 16.5. The first kappa shape index (κ1) is 19.2. The molecule has 22 heavy (non-hydrogen) atoms. The van der Waals surface area contributed by atoms with Crippen molar-refractivity contribution >= 4 is 33.4 Å². The van der Waals surface area contributed by atoms with Gasteiger partial charge in [-0.15, -0.1) is 0 Å². The van der Waals surface area contributed by atoms with Crippen LogP contribution in [0, 0.1) is 5.92 Å². The standard InChI is InChI=1S/C18H25BrClNO/c1-4-5-16(19)8-11-18(22)21(12-14(2)3)13-15-6-9-17(20)10-7-15/h6-11,14,16H,4-5,12-13H2,1-3H3/b11-8+. The van der Waals surface area contributed by atoms with Gasteiger partial charge in [-0.3, -0.25) is 4.79 Å². The molecule has 2 nitrogen and oxygen atoms in total. The van der Waals surface area contributed by atoms with Crippen LogP contribution in [0.5, 0.6) is 0 Å². The molecular weight excluding hydrogens is 362 g/mol. The van der Waals surface area contributed by atoms with Gasteiger partial charge in [0.25, 0.3) is 0 Å². The van der Waals surface area contributed by atoms with E-state index in [1.165, 1.54) is 0 Å². The van der Waals surface area contributed by atoms with E-state index in [4.69, 9.17) is 11.6 Å². The minimum Gasteiger partial charge on any atom is -0.335 e. The number of carbonyl (C=O) groups excluding carboxylic acids is 1. The van der Waals surface area contributed by atoms with Crippen LogP contribution in [-0.2, 0) is 11.3 Å². The number of hydrogen-bond acceptors (Lipinski definition) is 1. The summed E-state index contributed by atoms with van der Waals surface area (Å²) in [4.78, 5) is 14.6. The molecule has 1 rings (SSSR count). The monoisotopic (exact) mass is 385 g/mol. The van der Waals surface area contributed by atoms with Crippen LogP contribution in [0.1, 0.15) is 39.2 Å². The van der Waals surface area contributed by atoms with Gasteiger partial charge in [0.15, 0.2) is 0 Å². The molecule has 0 saturated heterocycles. The summed E-state index contributed by atoms with van der Waals surface area (Å²) in [7, 11) is 0. The average Bonchev–Trinajstić information content (AvgIpc) is 2.46. The van der Waals surface area contributed by atoms with E-state index < -0.39 is 0 Å². The van der Waals surface area contributed by atoms with Gasteiger partial charge in [0.1, 0.15) is 0 Å². The van der Waals surface area contributed by atoms with E-state index in [9.17, 15) is 4.79 Å². The maximum absolute atomic E-state index is 12.5. The highest BCUT2D eigenvalue weighted by Gasteiger charge is 2.13. The minimum absolute atomic E-state index is 0.0594. The summed E-state index contributed by atoms with van der Waals surface area (Å²) in [6.07, 6.45) is 5.76. The molecule has 0 radical (unpaired) electrons. The van der Waals surface area contributed by atoms with Crippen LogP contribution in [0.3, 0.4) is 0 Å². The van der Waals surface area contributed by atoms with Crippen molar-refractivity contribution in [2.45, 2.75) is 45.0 Å². The fourth-order valence-electron chi connectivity index (χ4n) is 2.15. The first-order valence-electron chi connectivity index (χ1n) is 7.78. The largest absolute Gasteiger partial charge is 0.335 e. The minimum atomic E-state index is 0.0594. The first-order chi connectivity index (χ1) is 10.4. The lowest BCUT2D eigenvalue weighted by Crippen LogP contribution is -2.32. The van der Waals surface area contributed by atoms with E-state index in [0.29, 0.717) is 17.5 Å². The number of rotatable bonds is 8. The van der Waals surface area contributed by atoms with E-state index in [1.54, 1.807) is 6.08 Å². The molecule has 0 aliphatic rings.